The number of halogens is 1. The highest BCUT2D eigenvalue weighted by Gasteiger charge is 2.33. The molecule has 2 aromatic rings. The maximum Gasteiger partial charge on any atom is 0.225 e. The van der Waals surface area contributed by atoms with Crippen molar-refractivity contribution in [2.24, 2.45) is 5.92 Å². The van der Waals surface area contributed by atoms with Gasteiger partial charge in [-0.25, -0.2) is 14.4 Å². The van der Waals surface area contributed by atoms with Crippen LogP contribution in [0.15, 0.2) is 42.7 Å². The highest BCUT2D eigenvalue weighted by atomic mass is 19.1. The second-order valence-electron chi connectivity index (χ2n) is 6.86. The fourth-order valence-corrected chi connectivity index (χ4v) is 3.78. The number of rotatable bonds is 4. The zero-order chi connectivity index (χ0) is 17.1. The first kappa shape index (κ1) is 16.3. The van der Waals surface area contributed by atoms with Crippen LogP contribution in [0, 0.1) is 11.7 Å². The van der Waals surface area contributed by atoms with Crippen LogP contribution in [-0.2, 0) is 0 Å². The minimum absolute atomic E-state index is 0.388. The third kappa shape index (κ3) is 3.90. The third-order valence-electron chi connectivity index (χ3n) is 5.12. The maximum absolute atomic E-state index is 13.0. The van der Waals surface area contributed by atoms with Crippen molar-refractivity contribution in [1.82, 2.24) is 14.9 Å². The molecule has 2 aliphatic rings. The Labute approximate surface area is 147 Å². The van der Waals surface area contributed by atoms with Gasteiger partial charge in [-0.05, 0) is 25.0 Å². The van der Waals surface area contributed by atoms with E-state index in [4.69, 9.17) is 4.74 Å². The topological polar surface area (TPSA) is 41.5 Å². The first-order chi connectivity index (χ1) is 12.3. The molecule has 0 bridgehead atoms. The fourth-order valence-electron chi connectivity index (χ4n) is 3.78. The molecule has 1 aromatic heterocycles. The van der Waals surface area contributed by atoms with Gasteiger partial charge < -0.3 is 9.64 Å². The number of hydrogen-bond donors (Lipinski definition) is 0. The van der Waals surface area contributed by atoms with Gasteiger partial charge in [-0.3, -0.25) is 4.90 Å². The summed E-state index contributed by atoms with van der Waals surface area (Å²) in [4.78, 5) is 13.0. The molecule has 0 aliphatic carbocycles. The lowest BCUT2D eigenvalue weighted by atomic mass is 9.91. The van der Waals surface area contributed by atoms with Crippen LogP contribution in [0.5, 0.6) is 5.75 Å². The van der Waals surface area contributed by atoms with Crippen LogP contribution in [0.4, 0.5) is 10.3 Å². The minimum atomic E-state index is -0.388. The summed E-state index contributed by atoms with van der Waals surface area (Å²) in [6.07, 6.45) is 4.81. The van der Waals surface area contributed by atoms with E-state index in [0.717, 1.165) is 45.0 Å². The first-order valence-corrected chi connectivity index (χ1v) is 8.92. The number of aromatic nitrogens is 2. The summed E-state index contributed by atoms with van der Waals surface area (Å²) in [5.74, 6) is 1.77. The molecule has 0 amide bonds. The van der Waals surface area contributed by atoms with Gasteiger partial charge in [-0.2, -0.15) is 0 Å². The lowest BCUT2D eigenvalue weighted by Crippen LogP contribution is -2.57. The average Bonchev–Trinajstić information content (AvgIpc) is 2.67. The van der Waals surface area contributed by atoms with Gasteiger partial charge in [0.1, 0.15) is 5.75 Å². The van der Waals surface area contributed by atoms with Crippen LogP contribution in [0.2, 0.25) is 0 Å². The van der Waals surface area contributed by atoms with Crippen molar-refractivity contribution in [3.63, 3.8) is 0 Å². The van der Waals surface area contributed by atoms with E-state index >= 15 is 0 Å². The average molecular weight is 342 g/mol. The highest BCUT2D eigenvalue weighted by molar-refractivity contribution is 5.30. The smallest absolute Gasteiger partial charge is 0.225 e. The molecule has 0 saturated carbocycles. The van der Waals surface area contributed by atoms with E-state index in [9.17, 15) is 4.39 Å². The predicted octanol–water partition coefficient (Wildman–Crippen LogP) is 2.60. The Morgan fingerprint density at radius 2 is 1.84 bits per heavy atom. The molecule has 2 unspecified atom stereocenters. The number of hydrogen-bond acceptors (Lipinski definition) is 5. The molecular formula is C19H23FN4O. The second kappa shape index (κ2) is 7.35. The summed E-state index contributed by atoms with van der Waals surface area (Å²) in [6, 6.07) is 10.5. The standard InChI is InChI=1S/C19H23FN4O/c20-16-10-21-19(22-11-16)24-9-8-23-12-15(6-7-17(23)13-24)14-25-18-4-2-1-3-5-18/h1-5,10-11,15,17H,6-9,12-14H2. The van der Waals surface area contributed by atoms with Crippen LogP contribution >= 0.6 is 0 Å². The molecule has 1 aromatic carbocycles. The van der Waals surface area contributed by atoms with Gasteiger partial charge in [0.05, 0.1) is 19.0 Å². The fraction of sp³-hybridized carbons (Fsp3) is 0.474. The molecular weight excluding hydrogens is 319 g/mol. The monoisotopic (exact) mass is 342 g/mol. The zero-order valence-corrected chi connectivity index (χ0v) is 14.2. The molecule has 4 rings (SSSR count). The summed E-state index contributed by atoms with van der Waals surface area (Å²) in [5, 5.41) is 0. The molecule has 6 heteroatoms. The van der Waals surface area contributed by atoms with Crippen molar-refractivity contribution >= 4 is 5.95 Å². The largest absolute Gasteiger partial charge is 0.493 e. The van der Waals surface area contributed by atoms with Crippen molar-refractivity contribution in [3.05, 3.63) is 48.5 Å². The Bertz CT molecular complexity index is 682. The van der Waals surface area contributed by atoms with E-state index in [1.54, 1.807) is 0 Å². The number of piperidine rings is 1. The molecule has 2 aliphatic heterocycles. The van der Waals surface area contributed by atoms with Gasteiger partial charge in [0.2, 0.25) is 5.95 Å². The van der Waals surface area contributed by atoms with Crippen LogP contribution < -0.4 is 9.64 Å². The van der Waals surface area contributed by atoms with Gasteiger partial charge in [0.15, 0.2) is 5.82 Å². The molecule has 132 valence electrons. The zero-order valence-electron chi connectivity index (χ0n) is 14.2. The summed E-state index contributed by atoms with van der Waals surface area (Å²) in [6.45, 7) is 4.65. The number of fused-ring (bicyclic) bond motifs is 1. The quantitative estimate of drug-likeness (QED) is 0.854. The summed E-state index contributed by atoms with van der Waals surface area (Å²) in [7, 11) is 0. The van der Waals surface area contributed by atoms with Gasteiger partial charge in [-0.15, -0.1) is 0 Å². The van der Waals surface area contributed by atoms with Crippen molar-refractivity contribution in [2.45, 2.75) is 18.9 Å². The molecule has 25 heavy (non-hydrogen) atoms. The molecule has 0 radical (unpaired) electrons. The Balaban J connectivity index is 1.30. The lowest BCUT2D eigenvalue weighted by Gasteiger charge is -2.46. The molecule has 3 heterocycles. The molecule has 0 N–H and O–H groups in total. The summed E-state index contributed by atoms with van der Waals surface area (Å²) >= 11 is 0. The Hall–Kier alpha value is -2.21. The van der Waals surface area contributed by atoms with Gasteiger partial charge in [-0.1, -0.05) is 18.2 Å². The van der Waals surface area contributed by atoms with Crippen molar-refractivity contribution in [2.75, 3.05) is 37.7 Å². The Kier molecular flexibility index (Phi) is 4.78. The van der Waals surface area contributed by atoms with E-state index in [1.165, 1.54) is 18.8 Å². The summed E-state index contributed by atoms with van der Waals surface area (Å²) < 4.78 is 18.9. The SMILES string of the molecule is Fc1cnc(N2CCN3CC(COc4ccccc4)CCC3C2)nc1. The lowest BCUT2D eigenvalue weighted by molar-refractivity contribution is 0.0725. The number of anilines is 1. The number of para-hydroxylation sites is 1. The predicted molar refractivity (Wildman–Crippen MR) is 94.2 cm³/mol. The van der Waals surface area contributed by atoms with Crippen LogP contribution in [0.3, 0.4) is 0 Å². The van der Waals surface area contributed by atoms with Crippen molar-refractivity contribution in [3.8, 4) is 5.75 Å². The second-order valence-corrected chi connectivity index (χ2v) is 6.86. The number of ether oxygens (including phenoxy) is 1. The van der Waals surface area contributed by atoms with E-state index < -0.39 is 0 Å². The van der Waals surface area contributed by atoms with E-state index in [2.05, 4.69) is 19.8 Å². The van der Waals surface area contributed by atoms with Crippen LogP contribution in [0.1, 0.15) is 12.8 Å². The first-order valence-electron chi connectivity index (χ1n) is 8.92. The van der Waals surface area contributed by atoms with Crippen LogP contribution in [0.25, 0.3) is 0 Å². The number of piperazine rings is 1. The van der Waals surface area contributed by atoms with Gasteiger partial charge >= 0.3 is 0 Å². The molecule has 0 spiro atoms. The van der Waals surface area contributed by atoms with Crippen molar-refractivity contribution in [1.29, 1.82) is 0 Å². The van der Waals surface area contributed by atoms with Gasteiger partial charge in [0.25, 0.3) is 0 Å². The molecule has 5 nitrogen and oxygen atoms in total. The van der Waals surface area contributed by atoms with Crippen LogP contribution in [-0.4, -0.2) is 53.7 Å². The van der Waals surface area contributed by atoms with E-state index in [-0.39, 0.29) is 5.82 Å². The number of nitrogens with zero attached hydrogens (tertiary/aromatic N) is 4. The normalized spacial score (nSPS) is 24.0. The van der Waals surface area contributed by atoms with Gasteiger partial charge in [0, 0.05) is 38.1 Å². The van der Waals surface area contributed by atoms with E-state index in [1.807, 2.05) is 30.3 Å². The Morgan fingerprint density at radius 3 is 2.64 bits per heavy atom. The highest BCUT2D eigenvalue weighted by Crippen LogP contribution is 2.27. The molecule has 2 atom stereocenters. The molecule has 2 fully saturated rings. The molecule has 2 saturated heterocycles. The number of benzene rings is 1. The van der Waals surface area contributed by atoms with E-state index in [0.29, 0.717) is 17.9 Å². The third-order valence-corrected chi connectivity index (χ3v) is 5.12. The minimum Gasteiger partial charge on any atom is -0.493 e. The Morgan fingerprint density at radius 1 is 1.04 bits per heavy atom. The summed E-state index contributed by atoms with van der Waals surface area (Å²) in [5.41, 5.74) is 0. The maximum atomic E-state index is 13.0. The van der Waals surface area contributed by atoms with Crippen molar-refractivity contribution < 1.29 is 9.13 Å².